The quantitative estimate of drug-likeness (QED) is 0.282. The van der Waals surface area contributed by atoms with Gasteiger partial charge in [0.2, 0.25) is 5.95 Å². The Kier molecular flexibility index (Phi) is 7.03. The van der Waals surface area contributed by atoms with Crippen LogP contribution in [-0.4, -0.2) is 39.7 Å². The lowest BCUT2D eigenvalue weighted by atomic mass is 10.1. The third-order valence-corrected chi connectivity index (χ3v) is 4.24. The second-order valence-electron chi connectivity index (χ2n) is 6.33. The molecule has 0 unspecified atom stereocenters. The van der Waals surface area contributed by atoms with Crippen molar-refractivity contribution in [1.82, 2.24) is 9.97 Å². The standard InChI is InChI=1S/C20H18ClF3N4O3/c21-15-10-13(30)5-6-16(15)26-18-11-17(27-19(28-18)25-7-2-8-29)12-3-1-4-14(9-12)31-20(22,23)24/h1,3-6,9-11,29-30H,2,7-8H2,(H2,25,26,27,28). The lowest BCUT2D eigenvalue weighted by molar-refractivity contribution is -0.274. The number of alkyl halides is 3. The molecule has 0 saturated carbocycles. The van der Waals surface area contributed by atoms with Gasteiger partial charge >= 0.3 is 6.36 Å². The first-order valence-corrected chi connectivity index (χ1v) is 9.47. The van der Waals surface area contributed by atoms with Gasteiger partial charge in [-0.3, -0.25) is 0 Å². The number of nitrogens with one attached hydrogen (secondary N) is 2. The molecule has 0 saturated heterocycles. The SMILES string of the molecule is OCCCNc1nc(Nc2ccc(O)cc2Cl)cc(-c2cccc(OC(F)(F)F)c2)n1. The normalized spacial score (nSPS) is 11.3. The van der Waals surface area contributed by atoms with Crippen LogP contribution in [0.2, 0.25) is 5.02 Å². The smallest absolute Gasteiger partial charge is 0.508 e. The van der Waals surface area contributed by atoms with Crippen LogP contribution in [0.4, 0.5) is 30.6 Å². The number of aliphatic hydroxyl groups is 1. The Morgan fingerprint density at radius 1 is 1.06 bits per heavy atom. The Bertz CT molecular complexity index is 1050. The molecule has 31 heavy (non-hydrogen) atoms. The van der Waals surface area contributed by atoms with Gasteiger partial charge in [-0.1, -0.05) is 23.7 Å². The average molecular weight is 455 g/mol. The van der Waals surface area contributed by atoms with E-state index in [9.17, 15) is 18.3 Å². The monoisotopic (exact) mass is 454 g/mol. The first kappa shape index (κ1) is 22.4. The molecule has 0 bridgehead atoms. The Hall–Kier alpha value is -3.24. The minimum Gasteiger partial charge on any atom is -0.508 e. The number of aromatic hydroxyl groups is 1. The van der Waals surface area contributed by atoms with Crippen LogP contribution in [0.1, 0.15) is 6.42 Å². The number of benzene rings is 2. The molecule has 164 valence electrons. The van der Waals surface area contributed by atoms with Crippen LogP contribution >= 0.6 is 11.6 Å². The molecule has 0 aliphatic rings. The third kappa shape index (κ3) is 6.63. The summed E-state index contributed by atoms with van der Waals surface area (Å²) < 4.78 is 41.7. The van der Waals surface area contributed by atoms with Crippen LogP contribution in [0, 0.1) is 0 Å². The summed E-state index contributed by atoms with van der Waals surface area (Å²) in [5.74, 6) is 0.123. The Labute approximate surface area is 180 Å². The summed E-state index contributed by atoms with van der Waals surface area (Å²) in [4.78, 5) is 8.66. The number of hydrogen-bond donors (Lipinski definition) is 4. The summed E-state index contributed by atoms with van der Waals surface area (Å²) >= 11 is 6.13. The van der Waals surface area contributed by atoms with Crippen LogP contribution in [0.5, 0.6) is 11.5 Å². The van der Waals surface area contributed by atoms with Gasteiger partial charge in [-0.2, -0.15) is 4.98 Å². The number of hydrogen-bond acceptors (Lipinski definition) is 7. The van der Waals surface area contributed by atoms with Gasteiger partial charge in [0.15, 0.2) is 0 Å². The van der Waals surface area contributed by atoms with Crippen LogP contribution < -0.4 is 15.4 Å². The number of anilines is 3. The minimum atomic E-state index is -4.82. The predicted molar refractivity (Wildman–Crippen MR) is 111 cm³/mol. The fourth-order valence-electron chi connectivity index (χ4n) is 2.61. The Balaban J connectivity index is 1.96. The van der Waals surface area contributed by atoms with Crippen molar-refractivity contribution in [3.05, 3.63) is 53.6 Å². The molecule has 7 nitrogen and oxygen atoms in total. The molecule has 2 aromatic carbocycles. The minimum absolute atomic E-state index is 0.00762. The first-order valence-electron chi connectivity index (χ1n) is 9.09. The van der Waals surface area contributed by atoms with E-state index in [1.807, 2.05) is 0 Å². The molecule has 1 aromatic heterocycles. The Morgan fingerprint density at radius 3 is 2.58 bits per heavy atom. The molecule has 0 amide bonds. The summed E-state index contributed by atoms with van der Waals surface area (Å²) in [6.45, 7) is 0.355. The highest BCUT2D eigenvalue weighted by Gasteiger charge is 2.31. The van der Waals surface area contributed by atoms with Crippen molar-refractivity contribution in [2.24, 2.45) is 0 Å². The fraction of sp³-hybridized carbons (Fsp3) is 0.200. The van der Waals surface area contributed by atoms with Crippen molar-refractivity contribution in [2.45, 2.75) is 12.8 Å². The van der Waals surface area contributed by atoms with E-state index in [1.165, 1.54) is 36.4 Å². The van der Waals surface area contributed by atoms with Crippen molar-refractivity contribution < 1.29 is 28.1 Å². The van der Waals surface area contributed by atoms with E-state index < -0.39 is 6.36 Å². The van der Waals surface area contributed by atoms with E-state index in [2.05, 4.69) is 25.3 Å². The average Bonchev–Trinajstić information content (AvgIpc) is 2.69. The summed E-state index contributed by atoms with van der Waals surface area (Å²) in [6, 6.07) is 11.3. The zero-order valence-corrected chi connectivity index (χ0v) is 16.7. The van der Waals surface area contributed by atoms with E-state index in [-0.39, 0.29) is 29.1 Å². The number of halogens is 4. The number of nitrogens with zero attached hydrogens (tertiary/aromatic N) is 2. The number of phenols is 1. The highest BCUT2D eigenvalue weighted by atomic mass is 35.5. The summed E-state index contributed by atoms with van der Waals surface area (Å²) in [7, 11) is 0. The predicted octanol–water partition coefficient (Wildman–Crippen LogP) is 4.94. The lowest BCUT2D eigenvalue weighted by Crippen LogP contribution is -2.17. The number of ether oxygens (including phenoxy) is 1. The topological polar surface area (TPSA) is 99.5 Å². The van der Waals surface area contributed by atoms with Crippen LogP contribution in [0.25, 0.3) is 11.3 Å². The van der Waals surface area contributed by atoms with Crippen LogP contribution in [0.3, 0.4) is 0 Å². The molecule has 0 spiro atoms. The molecule has 0 radical (unpaired) electrons. The maximum absolute atomic E-state index is 12.6. The zero-order valence-electron chi connectivity index (χ0n) is 15.9. The Morgan fingerprint density at radius 2 is 1.87 bits per heavy atom. The third-order valence-electron chi connectivity index (χ3n) is 3.92. The largest absolute Gasteiger partial charge is 0.573 e. The zero-order chi connectivity index (χ0) is 22.4. The van der Waals surface area contributed by atoms with E-state index >= 15 is 0 Å². The number of aliphatic hydroxyl groups excluding tert-OH is 1. The first-order chi connectivity index (χ1) is 14.7. The van der Waals surface area contributed by atoms with E-state index in [4.69, 9.17) is 16.7 Å². The number of rotatable bonds is 8. The van der Waals surface area contributed by atoms with E-state index in [1.54, 1.807) is 12.1 Å². The van der Waals surface area contributed by atoms with E-state index in [0.717, 1.165) is 0 Å². The molecule has 0 aliphatic heterocycles. The van der Waals surface area contributed by atoms with Crippen LogP contribution in [-0.2, 0) is 0 Å². The van der Waals surface area contributed by atoms with Crippen molar-refractivity contribution >= 4 is 29.1 Å². The van der Waals surface area contributed by atoms with Gasteiger partial charge in [-0.15, -0.1) is 13.2 Å². The van der Waals surface area contributed by atoms with Gasteiger partial charge in [0.1, 0.15) is 17.3 Å². The maximum Gasteiger partial charge on any atom is 0.573 e. The lowest BCUT2D eigenvalue weighted by Gasteiger charge is -2.13. The second-order valence-corrected chi connectivity index (χ2v) is 6.74. The number of phenolic OH excluding ortho intramolecular Hbond substituents is 1. The van der Waals surface area contributed by atoms with Crippen molar-refractivity contribution in [3.8, 4) is 22.8 Å². The van der Waals surface area contributed by atoms with E-state index in [0.29, 0.717) is 35.7 Å². The van der Waals surface area contributed by atoms with Gasteiger partial charge in [0.05, 0.1) is 16.4 Å². The maximum atomic E-state index is 12.6. The number of aromatic nitrogens is 2. The van der Waals surface area contributed by atoms with Gasteiger partial charge < -0.3 is 25.6 Å². The highest BCUT2D eigenvalue weighted by Crippen LogP contribution is 2.31. The van der Waals surface area contributed by atoms with Crippen molar-refractivity contribution in [1.29, 1.82) is 0 Å². The summed E-state index contributed by atoms with van der Waals surface area (Å²) in [5.41, 5.74) is 1.15. The summed E-state index contributed by atoms with van der Waals surface area (Å²) in [5, 5.41) is 24.7. The molecule has 0 fully saturated rings. The van der Waals surface area contributed by atoms with Gasteiger partial charge in [-0.25, -0.2) is 4.98 Å². The van der Waals surface area contributed by atoms with Gasteiger partial charge in [-0.05, 0) is 30.7 Å². The fourth-order valence-corrected chi connectivity index (χ4v) is 2.84. The molecule has 3 aromatic rings. The van der Waals surface area contributed by atoms with Gasteiger partial charge in [0, 0.05) is 30.8 Å². The molecular weight excluding hydrogens is 437 g/mol. The molecule has 1 heterocycles. The van der Waals surface area contributed by atoms with Crippen molar-refractivity contribution in [2.75, 3.05) is 23.8 Å². The molecular formula is C20H18ClF3N4O3. The van der Waals surface area contributed by atoms with Gasteiger partial charge in [0.25, 0.3) is 0 Å². The molecule has 3 rings (SSSR count). The second kappa shape index (κ2) is 9.71. The molecule has 11 heteroatoms. The highest BCUT2D eigenvalue weighted by molar-refractivity contribution is 6.33. The van der Waals surface area contributed by atoms with Crippen LogP contribution in [0.15, 0.2) is 48.5 Å². The molecule has 0 atom stereocenters. The summed E-state index contributed by atoms with van der Waals surface area (Å²) in [6.07, 6.45) is -4.36. The molecule has 4 N–H and O–H groups in total. The molecule has 0 aliphatic carbocycles. The van der Waals surface area contributed by atoms with Crippen molar-refractivity contribution in [3.63, 3.8) is 0 Å².